The lowest BCUT2D eigenvalue weighted by Gasteiger charge is -2.04. The van der Waals surface area contributed by atoms with E-state index in [-0.39, 0.29) is 29.3 Å². The van der Waals surface area contributed by atoms with Crippen LogP contribution in [0.5, 0.6) is 0 Å². The van der Waals surface area contributed by atoms with E-state index in [4.69, 9.17) is 0 Å². The summed E-state index contributed by atoms with van der Waals surface area (Å²) in [6, 6.07) is 5.25. The Morgan fingerprint density at radius 2 is 1.94 bits per heavy atom. The molecule has 0 atom stereocenters. The molecule has 5 heteroatoms. The lowest BCUT2D eigenvalue weighted by molar-refractivity contribution is -0.117. The smallest absolute Gasteiger partial charge is 0.181 e. The molecule has 0 spiro atoms. The number of carbonyl (C=O) groups excluding carboxylic acids is 1. The molecule has 16 heavy (non-hydrogen) atoms. The van der Waals surface area contributed by atoms with Crippen LogP contribution in [0.3, 0.4) is 0 Å². The monoisotopic (exact) mass is 244 g/mol. The van der Waals surface area contributed by atoms with E-state index >= 15 is 0 Å². The van der Waals surface area contributed by atoms with Gasteiger partial charge in [-0.15, -0.1) is 0 Å². The van der Waals surface area contributed by atoms with Gasteiger partial charge < -0.3 is 4.79 Å². The standard InChI is InChI=1S/C11H13FO3S/c1-9(13)5-4-8-16(14,15)11-7-3-2-6-10(11)12/h2-3,6-7H,4-5,8H2,1H3. The highest BCUT2D eigenvalue weighted by atomic mass is 32.2. The predicted octanol–water partition coefficient (Wildman–Crippen LogP) is 1.97. The van der Waals surface area contributed by atoms with Crippen molar-refractivity contribution in [3.8, 4) is 0 Å². The number of benzene rings is 1. The van der Waals surface area contributed by atoms with Crippen molar-refractivity contribution in [2.45, 2.75) is 24.7 Å². The Hall–Kier alpha value is -1.23. The number of halogens is 1. The summed E-state index contributed by atoms with van der Waals surface area (Å²) in [5.41, 5.74) is 0. The second-order valence-corrected chi connectivity index (χ2v) is 5.63. The normalized spacial score (nSPS) is 11.4. The Bertz CT molecular complexity index is 480. The van der Waals surface area contributed by atoms with Gasteiger partial charge in [0, 0.05) is 6.42 Å². The number of carbonyl (C=O) groups is 1. The van der Waals surface area contributed by atoms with E-state index in [0.29, 0.717) is 0 Å². The summed E-state index contributed by atoms with van der Waals surface area (Å²) in [5.74, 6) is -1.01. The first kappa shape index (κ1) is 12.8. The molecule has 0 saturated heterocycles. The average Bonchev–Trinajstić information content (AvgIpc) is 2.17. The van der Waals surface area contributed by atoms with Crippen LogP contribution in [0.25, 0.3) is 0 Å². The van der Waals surface area contributed by atoms with Crippen LogP contribution in [0.2, 0.25) is 0 Å². The Labute approximate surface area is 94.2 Å². The predicted molar refractivity (Wildman–Crippen MR) is 58.4 cm³/mol. The first-order chi connectivity index (χ1) is 7.43. The maximum absolute atomic E-state index is 13.2. The van der Waals surface area contributed by atoms with Gasteiger partial charge in [0.05, 0.1) is 5.75 Å². The van der Waals surface area contributed by atoms with Crippen molar-refractivity contribution >= 4 is 15.6 Å². The summed E-state index contributed by atoms with van der Waals surface area (Å²) in [4.78, 5) is 10.4. The molecular formula is C11H13FO3S. The summed E-state index contributed by atoms with van der Waals surface area (Å²) < 4.78 is 36.6. The molecule has 0 aliphatic heterocycles. The fraction of sp³-hybridized carbons (Fsp3) is 0.364. The minimum atomic E-state index is -3.61. The van der Waals surface area contributed by atoms with Crippen molar-refractivity contribution in [1.82, 2.24) is 0 Å². The Morgan fingerprint density at radius 3 is 2.50 bits per heavy atom. The topological polar surface area (TPSA) is 51.2 Å². The van der Waals surface area contributed by atoms with E-state index < -0.39 is 15.7 Å². The van der Waals surface area contributed by atoms with Crippen molar-refractivity contribution in [3.63, 3.8) is 0 Å². The fourth-order valence-electron chi connectivity index (χ4n) is 1.32. The zero-order valence-electron chi connectivity index (χ0n) is 8.94. The maximum atomic E-state index is 13.2. The first-order valence-electron chi connectivity index (χ1n) is 4.90. The molecule has 1 aromatic carbocycles. The van der Waals surface area contributed by atoms with Crippen molar-refractivity contribution in [2.24, 2.45) is 0 Å². The minimum Gasteiger partial charge on any atom is -0.300 e. The van der Waals surface area contributed by atoms with Crippen LogP contribution in [-0.4, -0.2) is 20.0 Å². The number of ketones is 1. The molecule has 0 fully saturated rings. The molecule has 0 saturated carbocycles. The first-order valence-corrected chi connectivity index (χ1v) is 6.55. The van der Waals surface area contributed by atoms with Crippen LogP contribution < -0.4 is 0 Å². The molecule has 0 bridgehead atoms. The second kappa shape index (κ2) is 5.21. The summed E-state index contributed by atoms with van der Waals surface area (Å²) >= 11 is 0. The van der Waals surface area contributed by atoms with Gasteiger partial charge in [0.15, 0.2) is 9.84 Å². The molecule has 88 valence electrons. The Kier molecular flexibility index (Phi) is 4.18. The quantitative estimate of drug-likeness (QED) is 0.795. The van der Waals surface area contributed by atoms with Gasteiger partial charge >= 0.3 is 0 Å². The van der Waals surface area contributed by atoms with Gasteiger partial charge in [0.2, 0.25) is 0 Å². The number of Topliss-reactive ketones (excluding diaryl/α,β-unsaturated/α-hetero) is 1. The molecule has 0 radical (unpaired) electrons. The van der Waals surface area contributed by atoms with Gasteiger partial charge in [-0.3, -0.25) is 0 Å². The SMILES string of the molecule is CC(=O)CCCS(=O)(=O)c1ccccc1F. The largest absolute Gasteiger partial charge is 0.300 e. The van der Waals surface area contributed by atoms with Gasteiger partial charge in [0.25, 0.3) is 0 Å². The summed E-state index contributed by atoms with van der Waals surface area (Å²) in [6.07, 6.45) is 0.430. The molecule has 0 heterocycles. The van der Waals surface area contributed by atoms with Crippen molar-refractivity contribution in [3.05, 3.63) is 30.1 Å². The summed E-state index contributed by atoms with van der Waals surface area (Å²) in [7, 11) is -3.61. The number of hydrogen-bond acceptors (Lipinski definition) is 3. The number of hydrogen-bond donors (Lipinski definition) is 0. The lowest BCUT2D eigenvalue weighted by Crippen LogP contribution is -2.09. The third-order valence-electron chi connectivity index (χ3n) is 2.11. The van der Waals surface area contributed by atoms with E-state index in [1.807, 2.05) is 0 Å². The van der Waals surface area contributed by atoms with Crippen LogP contribution in [0, 0.1) is 5.82 Å². The zero-order chi connectivity index (χ0) is 12.2. The summed E-state index contributed by atoms with van der Waals surface area (Å²) in [6.45, 7) is 1.40. The Balaban J connectivity index is 2.79. The molecule has 1 aromatic rings. The van der Waals surface area contributed by atoms with Crippen LogP contribution in [0.15, 0.2) is 29.2 Å². The number of sulfone groups is 1. The lowest BCUT2D eigenvalue weighted by atomic mass is 10.3. The molecular weight excluding hydrogens is 231 g/mol. The third-order valence-corrected chi connectivity index (χ3v) is 3.94. The molecule has 0 aliphatic carbocycles. The minimum absolute atomic E-state index is 0.0660. The Morgan fingerprint density at radius 1 is 1.31 bits per heavy atom. The van der Waals surface area contributed by atoms with E-state index in [1.165, 1.54) is 25.1 Å². The van der Waals surface area contributed by atoms with Gasteiger partial charge in [-0.1, -0.05) is 12.1 Å². The molecule has 0 unspecified atom stereocenters. The third kappa shape index (κ3) is 3.41. The van der Waals surface area contributed by atoms with Crippen molar-refractivity contribution in [1.29, 1.82) is 0 Å². The molecule has 0 amide bonds. The maximum Gasteiger partial charge on any atom is 0.181 e. The highest BCUT2D eigenvalue weighted by Gasteiger charge is 2.18. The van der Waals surface area contributed by atoms with E-state index in [2.05, 4.69) is 0 Å². The zero-order valence-corrected chi connectivity index (χ0v) is 9.76. The molecule has 3 nitrogen and oxygen atoms in total. The highest BCUT2D eigenvalue weighted by molar-refractivity contribution is 7.91. The van der Waals surface area contributed by atoms with Gasteiger partial charge in [-0.05, 0) is 25.5 Å². The van der Waals surface area contributed by atoms with Gasteiger partial charge in [-0.25, -0.2) is 12.8 Å². The second-order valence-electron chi connectivity index (χ2n) is 3.55. The van der Waals surface area contributed by atoms with E-state index in [0.717, 1.165) is 6.07 Å². The molecule has 1 rings (SSSR count). The van der Waals surface area contributed by atoms with Crippen molar-refractivity contribution < 1.29 is 17.6 Å². The van der Waals surface area contributed by atoms with Gasteiger partial charge in [0.1, 0.15) is 16.5 Å². The van der Waals surface area contributed by atoms with Crippen molar-refractivity contribution in [2.75, 3.05) is 5.75 Å². The molecule has 0 aliphatic rings. The number of rotatable bonds is 5. The average molecular weight is 244 g/mol. The summed E-state index contributed by atoms with van der Waals surface area (Å²) in [5, 5.41) is 0. The van der Waals surface area contributed by atoms with E-state index in [9.17, 15) is 17.6 Å². The van der Waals surface area contributed by atoms with Crippen LogP contribution in [0.4, 0.5) is 4.39 Å². The molecule has 0 N–H and O–H groups in total. The highest BCUT2D eigenvalue weighted by Crippen LogP contribution is 2.16. The van der Waals surface area contributed by atoms with E-state index in [1.54, 1.807) is 0 Å². The molecule has 0 aromatic heterocycles. The van der Waals surface area contributed by atoms with Crippen LogP contribution in [-0.2, 0) is 14.6 Å². The van der Waals surface area contributed by atoms with Crippen LogP contribution in [0.1, 0.15) is 19.8 Å². The fourth-order valence-corrected chi connectivity index (χ4v) is 2.71. The van der Waals surface area contributed by atoms with Gasteiger partial charge in [-0.2, -0.15) is 0 Å². The van der Waals surface area contributed by atoms with Crippen LogP contribution >= 0.6 is 0 Å².